The fourth-order valence-corrected chi connectivity index (χ4v) is 2.14. The molecule has 0 saturated carbocycles. The summed E-state index contributed by atoms with van der Waals surface area (Å²) in [6, 6.07) is -0.386. The highest BCUT2D eigenvalue weighted by Crippen LogP contribution is 2.14. The van der Waals surface area contributed by atoms with Crippen LogP contribution in [0.2, 0.25) is 0 Å². The molecule has 0 aliphatic heterocycles. The maximum atomic E-state index is 11.6. The summed E-state index contributed by atoms with van der Waals surface area (Å²) < 4.78 is 0. The molecule has 106 valence electrons. The van der Waals surface area contributed by atoms with Gasteiger partial charge in [-0.3, -0.25) is 4.79 Å². The fraction of sp³-hybridized carbons (Fsp3) is 0.583. The van der Waals surface area contributed by atoms with Crippen LogP contribution in [0.25, 0.3) is 0 Å². The Kier molecular flexibility index (Phi) is 6.27. The van der Waals surface area contributed by atoms with Crippen molar-refractivity contribution in [2.24, 2.45) is 5.92 Å². The predicted octanol–water partition coefficient (Wildman–Crippen LogP) is 2.00. The number of rotatable bonds is 7. The Morgan fingerprint density at radius 1 is 1.47 bits per heavy atom. The molecule has 0 bridgehead atoms. The molecule has 6 nitrogen and oxygen atoms in total. The molecule has 0 aromatic carbocycles. The molecule has 0 saturated heterocycles. The molecule has 1 aromatic rings. The third-order valence-electron chi connectivity index (χ3n) is 2.69. The number of hydrogen-bond donors (Lipinski definition) is 3. The first-order valence-electron chi connectivity index (χ1n) is 6.17. The van der Waals surface area contributed by atoms with E-state index in [1.54, 1.807) is 13.1 Å². The van der Waals surface area contributed by atoms with E-state index in [0.717, 1.165) is 5.01 Å². The Bertz CT molecular complexity index is 408. The van der Waals surface area contributed by atoms with Gasteiger partial charge in [0.2, 0.25) is 0 Å². The number of carbonyl (C=O) groups excluding carboxylic acids is 1. The Morgan fingerprint density at radius 3 is 2.79 bits per heavy atom. The van der Waals surface area contributed by atoms with E-state index < -0.39 is 5.97 Å². The van der Waals surface area contributed by atoms with Crippen LogP contribution in [0.15, 0.2) is 11.6 Å². The van der Waals surface area contributed by atoms with Crippen molar-refractivity contribution in [1.82, 2.24) is 15.6 Å². The molecule has 1 rings (SSSR count). The van der Waals surface area contributed by atoms with Gasteiger partial charge >= 0.3 is 12.0 Å². The van der Waals surface area contributed by atoms with Gasteiger partial charge in [0.1, 0.15) is 5.01 Å². The largest absolute Gasteiger partial charge is 0.481 e. The van der Waals surface area contributed by atoms with Crippen molar-refractivity contribution >= 4 is 23.3 Å². The number of nitrogens with one attached hydrogen (secondary N) is 2. The van der Waals surface area contributed by atoms with Gasteiger partial charge in [0, 0.05) is 18.1 Å². The van der Waals surface area contributed by atoms with Crippen molar-refractivity contribution in [1.29, 1.82) is 0 Å². The number of carboxylic acids is 1. The fourth-order valence-electron chi connectivity index (χ4n) is 1.49. The van der Waals surface area contributed by atoms with E-state index in [9.17, 15) is 9.59 Å². The highest BCUT2D eigenvalue weighted by Gasteiger charge is 2.12. The molecule has 0 aliphatic carbocycles. The lowest BCUT2D eigenvalue weighted by molar-refractivity contribution is -0.141. The van der Waals surface area contributed by atoms with Gasteiger partial charge in [-0.05, 0) is 19.8 Å². The van der Waals surface area contributed by atoms with Crippen LogP contribution in [0.5, 0.6) is 0 Å². The van der Waals surface area contributed by atoms with E-state index in [-0.39, 0.29) is 18.0 Å². The van der Waals surface area contributed by atoms with Gasteiger partial charge in [-0.25, -0.2) is 9.78 Å². The molecular formula is C12H19N3O3S. The number of aliphatic carboxylic acids is 1. The number of aromatic nitrogens is 1. The normalized spacial score (nSPS) is 13.6. The number of thiazole rings is 1. The van der Waals surface area contributed by atoms with Crippen LogP contribution in [0.1, 0.15) is 37.7 Å². The van der Waals surface area contributed by atoms with Crippen LogP contribution >= 0.6 is 11.3 Å². The van der Waals surface area contributed by atoms with Crippen LogP contribution in [-0.4, -0.2) is 28.6 Å². The Labute approximate surface area is 116 Å². The number of urea groups is 1. The molecule has 0 spiro atoms. The highest BCUT2D eigenvalue weighted by atomic mass is 32.1. The highest BCUT2D eigenvalue weighted by molar-refractivity contribution is 7.09. The minimum atomic E-state index is -0.804. The minimum Gasteiger partial charge on any atom is -0.481 e. The molecule has 2 atom stereocenters. The predicted molar refractivity (Wildman–Crippen MR) is 73.1 cm³/mol. The Balaban J connectivity index is 2.16. The second kappa shape index (κ2) is 7.73. The van der Waals surface area contributed by atoms with Crippen molar-refractivity contribution < 1.29 is 14.7 Å². The van der Waals surface area contributed by atoms with E-state index in [1.807, 2.05) is 12.3 Å². The van der Waals surface area contributed by atoms with Crippen molar-refractivity contribution in [2.45, 2.75) is 32.7 Å². The second-order valence-corrected chi connectivity index (χ2v) is 5.30. The summed E-state index contributed by atoms with van der Waals surface area (Å²) in [6.07, 6.45) is 2.90. The monoisotopic (exact) mass is 285 g/mol. The summed E-state index contributed by atoms with van der Waals surface area (Å²) in [6.45, 7) is 3.99. The van der Waals surface area contributed by atoms with E-state index >= 15 is 0 Å². The number of nitrogens with zero attached hydrogens (tertiary/aromatic N) is 1. The lowest BCUT2D eigenvalue weighted by Gasteiger charge is -2.12. The van der Waals surface area contributed by atoms with Crippen LogP contribution in [0, 0.1) is 5.92 Å². The van der Waals surface area contributed by atoms with Crippen LogP contribution in [0.3, 0.4) is 0 Å². The van der Waals surface area contributed by atoms with Gasteiger partial charge < -0.3 is 15.7 Å². The van der Waals surface area contributed by atoms with Gasteiger partial charge in [-0.15, -0.1) is 11.3 Å². The number of carboxylic acid groups (broad SMARTS) is 1. The smallest absolute Gasteiger partial charge is 0.315 e. The molecular weight excluding hydrogens is 266 g/mol. The molecule has 0 radical (unpaired) electrons. The zero-order valence-corrected chi connectivity index (χ0v) is 11.9. The molecule has 2 unspecified atom stereocenters. The van der Waals surface area contributed by atoms with Crippen LogP contribution in [0.4, 0.5) is 4.79 Å². The van der Waals surface area contributed by atoms with Crippen molar-refractivity contribution in [3.8, 4) is 0 Å². The first-order chi connectivity index (χ1) is 9.00. The topological polar surface area (TPSA) is 91.3 Å². The average molecular weight is 285 g/mol. The lowest BCUT2D eigenvalue weighted by Crippen LogP contribution is -2.37. The summed E-state index contributed by atoms with van der Waals surface area (Å²) in [5.41, 5.74) is 0. The second-order valence-electron chi connectivity index (χ2n) is 4.37. The van der Waals surface area contributed by atoms with Crippen molar-refractivity contribution in [3.05, 3.63) is 16.6 Å². The molecule has 19 heavy (non-hydrogen) atoms. The first kappa shape index (κ1) is 15.4. The summed E-state index contributed by atoms with van der Waals surface area (Å²) >= 11 is 1.49. The number of carbonyl (C=O) groups is 2. The Hall–Kier alpha value is -1.63. The lowest BCUT2D eigenvalue weighted by atomic mass is 10.1. The van der Waals surface area contributed by atoms with Crippen LogP contribution in [-0.2, 0) is 4.79 Å². The molecule has 0 fully saturated rings. The van der Waals surface area contributed by atoms with Crippen LogP contribution < -0.4 is 10.6 Å². The standard InChI is InChI=1S/C12H19N3O3S/c1-8(11(16)17)4-3-5-14-12(18)15-9(2)10-13-6-7-19-10/h6-9H,3-5H2,1-2H3,(H,16,17)(H2,14,15,18). The molecule has 7 heteroatoms. The first-order valence-corrected chi connectivity index (χ1v) is 7.05. The Morgan fingerprint density at radius 2 is 2.21 bits per heavy atom. The SMILES string of the molecule is CC(CCCNC(=O)NC(C)c1nccs1)C(=O)O. The van der Waals surface area contributed by atoms with E-state index in [2.05, 4.69) is 15.6 Å². The van der Waals surface area contributed by atoms with Gasteiger partial charge in [0.05, 0.1) is 12.0 Å². The van der Waals surface area contributed by atoms with Gasteiger partial charge in [0.15, 0.2) is 0 Å². The zero-order chi connectivity index (χ0) is 14.3. The molecule has 1 heterocycles. The van der Waals surface area contributed by atoms with Gasteiger partial charge in [-0.2, -0.15) is 0 Å². The maximum absolute atomic E-state index is 11.6. The van der Waals surface area contributed by atoms with E-state index in [4.69, 9.17) is 5.11 Å². The van der Waals surface area contributed by atoms with E-state index in [1.165, 1.54) is 11.3 Å². The summed E-state index contributed by atoms with van der Waals surface area (Å²) in [4.78, 5) is 26.3. The molecule has 0 aliphatic rings. The summed E-state index contributed by atoms with van der Waals surface area (Å²) in [7, 11) is 0. The van der Waals surface area contributed by atoms with Crippen molar-refractivity contribution in [3.63, 3.8) is 0 Å². The minimum absolute atomic E-state index is 0.127. The third-order valence-corrected chi connectivity index (χ3v) is 3.65. The quantitative estimate of drug-likeness (QED) is 0.668. The van der Waals surface area contributed by atoms with Gasteiger partial charge in [0.25, 0.3) is 0 Å². The summed E-state index contributed by atoms with van der Waals surface area (Å²) in [5, 5.41) is 16.9. The third kappa shape index (κ3) is 5.69. The number of amides is 2. The molecule has 2 amide bonds. The zero-order valence-electron chi connectivity index (χ0n) is 11.0. The number of hydrogen-bond acceptors (Lipinski definition) is 4. The molecule has 3 N–H and O–H groups in total. The average Bonchev–Trinajstić information content (AvgIpc) is 2.87. The van der Waals surface area contributed by atoms with Gasteiger partial charge in [-0.1, -0.05) is 6.92 Å². The molecule has 1 aromatic heterocycles. The summed E-state index contributed by atoms with van der Waals surface area (Å²) in [5.74, 6) is -1.18. The van der Waals surface area contributed by atoms with E-state index in [0.29, 0.717) is 19.4 Å². The van der Waals surface area contributed by atoms with Crippen molar-refractivity contribution in [2.75, 3.05) is 6.54 Å². The maximum Gasteiger partial charge on any atom is 0.315 e.